The number of Topliss-reactive ketones (excluding diaryl/α,β-unsaturated/α-hetero) is 2. The standard InChI is InChI=1S/C33H27N3O2/c1-20(17-26-29(37)24-18-22-9-5-6-10-23(22)19-25(24)30(26)38)13-14-21(2)36-31-27(11-7-15-34-31)33(3,4)28-12-8-16-35-32(28)36/h5-19H,1-4H3/b20-13+,21-14+. The summed E-state index contributed by atoms with van der Waals surface area (Å²) >= 11 is 0. The first-order valence-corrected chi connectivity index (χ1v) is 12.7. The molecule has 2 aliphatic rings. The molecule has 0 N–H and O–H groups in total. The zero-order chi connectivity index (χ0) is 26.6. The van der Waals surface area contributed by atoms with E-state index in [1.807, 2.05) is 74.5 Å². The van der Waals surface area contributed by atoms with E-state index in [-0.39, 0.29) is 22.6 Å². The number of allylic oxidation sites excluding steroid dienone is 6. The van der Waals surface area contributed by atoms with Crippen LogP contribution in [0, 0.1) is 0 Å². The average molecular weight is 498 g/mol. The number of hydrogen-bond acceptors (Lipinski definition) is 5. The third kappa shape index (κ3) is 3.62. The van der Waals surface area contributed by atoms with Gasteiger partial charge in [0, 0.05) is 45.8 Å². The molecule has 0 atom stereocenters. The molecule has 5 heteroatoms. The van der Waals surface area contributed by atoms with Crippen molar-refractivity contribution in [2.24, 2.45) is 0 Å². The number of carbonyl (C=O) groups excluding carboxylic acids is 2. The fourth-order valence-corrected chi connectivity index (χ4v) is 5.45. The van der Waals surface area contributed by atoms with Crippen LogP contribution >= 0.6 is 0 Å². The third-order valence-corrected chi connectivity index (χ3v) is 7.52. The van der Waals surface area contributed by atoms with E-state index in [9.17, 15) is 9.59 Å². The Hall–Kier alpha value is -4.64. The van der Waals surface area contributed by atoms with Gasteiger partial charge in [0.2, 0.25) is 0 Å². The van der Waals surface area contributed by atoms with Crippen LogP contribution in [0.15, 0.2) is 108 Å². The Morgan fingerprint density at radius 1 is 0.763 bits per heavy atom. The maximum Gasteiger partial charge on any atom is 0.197 e. The molecule has 0 spiro atoms. The fraction of sp³-hybridized carbons (Fsp3) is 0.152. The molecule has 0 fully saturated rings. The summed E-state index contributed by atoms with van der Waals surface area (Å²) in [6, 6.07) is 19.6. The number of rotatable bonds is 3. The summed E-state index contributed by atoms with van der Waals surface area (Å²) in [5.74, 6) is 1.26. The van der Waals surface area contributed by atoms with Gasteiger partial charge in [-0.3, -0.25) is 14.5 Å². The summed E-state index contributed by atoms with van der Waals surface area (Å²) in [4.78, 5) is 37.8. The first-order chi connectivity index (χ1) is 18.3. The van der Waals surface area contributed by atoms with E-state index in [0.717, 1.165) is 44.8 Å². The first kappa shape index (κ1) is 23.7. The predicted molar refractivity (Wildman–Crippen MR) is 151 cm³/mol. The molecule has 0 unspecified atom stereocenters. The topological polar surface area (TPSA) is 63.2 Å². The lowest BCUT2D eigenvalue weighted by atomic mass is 9.76. The van der Waals surface area contributed by atoms with Crippen molar-refractivity contribution >= 4 is 34.0 Å². The average Bonchev–Trinajstić information content (AvgIpc) is 3.15. The zero-order valence-electron chi connectivity index (χ0n) is 21.8. The monoisotopic (exact) mass is 497 g/mol. The number of anilines is 2. The molecule has 0 saturated carbocycles. The Morgan fingerprint density at radius 3 is 1.82 bits per heavy atom. The number of benzene rings is 2. The summed E-state index contributed by atoms with van der Waals surface area (Å²) in [5.41, 5.74) is 4.90. The highest BCUT2D eigenvalue weighted by molar-refractivity contribution is 6.40. The molecule has 0 radical (unpaired) electrons. The molecule has 2 aromatic carbocycles. The largest absolute Gasteiger partial charge is 0.288 e. The zero-order valence-corrected chi connectivity index (χ0v) is 21.8. The van der Waals surface area contributed by atoms with Crippen LogP contribution < -0.4 is 4.90 Å². The van der Waals surface area contributed by atoms with E-state index in [0.29, 0.717) is 11.1 Å². The number of hydrogen-bond donors (Lipinski definition) is 0. The van der Waals surface area contributed by atoms with Crippen LogP contribution in [-0.4, -0.2) is 21.5 Å². The maximum atomic E-state index is 13.2. The van der Waals surface area contributed by atoms with Crippen LogP contribution in [0.25, 0.3) is 10.8 Å². The summed E-state index contributed by atoms with van der Waals surface area (Å²) < 4.78 is 0. The highest BCUT2D eigenvalue weighted by Crippen LogP contribution is 2.48. The number of fused-ring (bicyclic) bond motifs is 4. The van der Waals surface area contributed by atoms with E-state index in [1.54, 1.807) is 18.5 Å². The van der Waals surface area contributed by atoms with Gasteiger partial charge >= 0.3 is 0 Å². The summed E-state index contributed by atoms with van der Waals surface area (Å²) in [6.45, 7) is 8.29. The SMILES string of the molecule is C/C(C=C1C(=O)c2cc3ccccc3cc2C1=O)=C\C=C(/C)N1c2ncccc2C(C)(C)c2cccnc21. The normalized spacial score (nSPS) is 16.4. The molecule has 3 heterocycles. The number of nitrogens with zero attached hydrogens (tertiary/aromatic N) is 3. The van der Waals surface area contributed by atoms with Gasteiger partial charge in [-0.15, -0.1) is 0 Å². The molecule has 6 rings (SSSR count). The third-order valence-electron chi connectivity index (χ3n) is 7.52. The van der Waals surface area contributed by atoms with E-state index in [2.05, 4.69) is 30.9 Å². The van der Waals surface area contributed by atoms with Crippen molar-refractivity contribution in [1.29, 1.82) is 0 Å². The molecule has 5 nitrogen and oxygen atoms in total. The first-order valence-electron chi connectivity index (χ1n) is 12.7. The maximum absolute atomic E-state index is 13.2. The van der Waals surface area contributed by atoms with Gasteiger partial charge in [0.05, 0.1) is 5.57 Å². The molecule has 186 valence electrons. The second-order valence-electron chi connectivity index (χ2n) is 10.4. The molecule has 38 heavy (non-hydrogen) atoms. The molecule has 4 aromatic rings. The van der Waals surface area contributed by atoms with Crippen molar-refractivity contribution in [3.63, 3.8) is 0 Å². The molecule has 0 bridgehead atoms. The smallest absolute Gasteiger partial charge is 0.197 e. The van der Waals surface area contributed by atoms with Gasteiger partial charge in [-0.05, 0) is 61.0 Å². The second-order valence-corrected chi connectivity index (χ2v) is 10.4. The molecule has 1 aliphatic heterocycles. The molecule has 0 saturated heterocycles. The van der Waals surface area contributed by atoms with Crippen LogP contribution in [0.3, 0.4) is 0 Å². The van der Waals surface area contributed by atoms with Crippen molar-refractivity contribution in [3.05, 3.63) is 130 Å². The number of pyridine rings is 2. The minimum absolute atomic E-state index is 0.203. The highest BCUT2D eigenvalue weighted by Gasteiger charge is 2.38. The van der Waals surface area contributed by atoms with Gasteiger partial charge in [-0.2, -0.15) is 0 Å². The Balaban J connectivity index is 1.36. The Kier molecular flexibility index (Phi) is 5.46. The number of ketones is 2. The Bertz CT molecular complexity index is 1650. The molecular formula is C33H27N3O2. The van der Waals surface area contributed by atoms with E-state index in [4.69, 9.17) is 9.97 Å². The lowest BCUT2D eigenvalue weighted by molar-refractivity contribution is 0.0988. The van der Waals surface area contributed by atoms with Gasteiger partial charge in [0.1, 0.15) is 11.6 Å². The van der Waals surface area contributed by atoms with Crippen LogP contribution in [-0.2, 0) is 5.41 Å². The van der Waals surface area contributed by atoms with Gasteiger partial charge < -0.3 is 0 Å². The van der Waals surface area contributed by atoms with Crippen LogP contribution in [0.4, 0.5) is 11.6 Å². The fourth-order valence-electron chi connectivity index (χ4n) is 5.45. The molecule has 2 aromatic heterocycles. The lowest BCUT2D eigenvalue weighted by Crippen LogP contribution is -2.33. The number of carbonyl (C=O) groups is 2. The van der Waals surface area contributed by atoms with Crippen LogP contribution in [0.2, 0.25) is 0 Å². The molecular weight excluding hydrogens is 470 g/mol. The predicted octanol–water partition coefficient (Wildman–Crippen LogP) is 7.26. The van der Waals surface area contributed by atoms with Crippen molar-refractivity contribution in [3.8, 4) is 0 Å². The Labute approximate surface area is 221 Å². The van der Waals surface area contributed by atoms with Gasteiger partial charge in [0.25, 0.3) is 0 Å². The van der Waals surface area contributed by atoms with E-state index in [1.165, 1.54) is 0 Å². The van der Waals surface area contributed by atoms with Crippen LogP contribution in [0.1, 0.15) is 59.5 Å². The van der Waals surface area contributed by atoms with Crippen molar-refractivity contribution in [2.75, 3.05) is 4.90 Å². The quantitative estimate of drug-likeness (QED) is 0.169. The minimum atomic E-state index is -0.233. The summed E-state index contributed by atoms with van der Waals surface area (Å²) in [5, 5.41) is 1.90. The minimum Gasteiger partial charge on any atom is -0.288 e. The summed E-state index contributed by atoms with van der Waals surface area (Å²) in [7, 11) is 0. The van der Waals surface area contributed by atoms with Gasteiger partial charge in [-0.1, -0.05) is 61.9 Å². The van der Waals surface area contributed by atoms with Gasteiger partial charge in [-0.25, -0.2) is 9.97 Å². The van der Waals surface area contributed by atoms with Gasteiger partial charge in [0.15, 0.2) is 11.6 Å². The lowest BCUT2D eigenvalue weighted by Gasteiger charge is -2.40. The van der Waals surface area contributed by atoms with E-state index < -0.39 is 0 Å². The van der Waals surface area contributed by atoms with Crippen molar-refractivity contribution in [1.82, 2.24) is 9.97 Å². The van der Waals surface area contributed by atoms with Crippen molar-refractivity contribution in [2.45, 2.75) is 33.1 Å². The van der Waals surface area contributed by atoms with Crippen LogP contribution in [0.5, 0.6) is 0 Å². The highest BCUT2D eigenvalue weighted by atomic mass is 16.2. The molecule has 0 amide bonds. The van der Waals surface area contributed by atoms with Crippen molar-refractivity contribution < 1.29 is 9.59 Å². The summed E-state index contributed by atoms with van der Waals surface area (Å²) in [6.07, 6.45) is 9.19. The molecule has 1 aliphatic carbocycles. The van der Waals surface area contributed by atoms with E-state index >= 15 is 0 Å². The Morgan fingerprint density at radius 2 is 1.29 bits per heavy atom. The second kappa shape index (κ2) is 8.73. The number of aromatic nitrogens is 2.